The van der Waals surface area contributed by atoms with Gasteiger partial charge in [0, 0.05) is 16.8 Å². The molecule has 0 heterocycles. The Hall–Kier alpha value is -1.01. The summed E-state index contributed by atoms with van der Waals surface area (Å²) in [6.07, 6.45) is 7.42. The van der Waals surface area contributed by atoms with Crippen molar-refractivity contribution in [2.24, 2.45) is 0 Å². The van der Waals surface area contributed by atoms with E-state index in [0.29, 0.717) is 10.0 Å². The Bertz CT molecular complexity index is 518. The Balaban J connectivity index is 2.02. The van der Waals surface area contributed by atoms with Gasteiger partial charge in [-0.2, -0.15) is 0 Å². The van der Waals surface area contributed by atoms with E-state index in [-0.39, 0.29) is 18.0 Å². The average molecular weight is 371 g/mol. The maximum absolute atomic E-state index is 12.3. The molecule has 0 bridgehead atoms. The second-order valence-electron chi connectivity index (χ2n) is 5.04. The monoisotopic (exact) mass is 370 g/mol. The zero-order valence-corrected chi connectivity index (χ0v) is 14.4. The van der Waals surface area contributed by atoms with Crippen LogP contribution < -0.4 is 5.32 Å². The van der Waals surface area contributed by atoms with Crippen molar-refractivity contribution in [3.05, 3.63) is 34.3 Å². The summed E-state index contributed by atoms with van der Waals surface area (Å²) in [5, 5.41) is 2.48. The summed E-state index contributed by atoms with van der Waals surface area (Å²) in [5.41, 5.74) is 0.468. The van der Waals surface area contributed by atoms with Crippen LogP contribution in [0.4, 0.5) is 4.79 Å². The number of urea groups is 1. The van der Waals surface area contributed by atoms with Crippen LogP contribution in [-0.4, -0.2) is 28.5 Å². The number of benzene rings is 1. The van der Waals surface area contributed by atoms with Crippen molar-refractivity contribution in [2.45, 2.75) is 38.1 Å². The lowest BCUT2D eigenvalue weighted by atomic mass is 9.96. The highest BCUT2D eigenvalue weighted by molar-refractivity contribution is 9.10. The van der Waals surface area contributed by atoms with E-state index in [1.807, 2.05) is 12.3 Å². The van der Waals surface area contributed by atoms with E-state index < -0.39 is 0 Å². The molecule has 1 aliphatic carbocycles. The molecule has 6 heteroatoms. The Morgan fingerprint density at radius 1 is 1.24 bits per heavy atom. The van der Waals surface area contributed by atoms with Crippen molar-refractivity contribution in [2.75, 3.05) is 6.26 Å². The van der Waals surface area contributed by atoms with E-state index >= 15 is 0 Å². The lowest BCUT2D eigenvalue weighted by Crippen LogP contribution is -2.44. The molecule has 1 saturated carbocycles. The molecule has 1 N–H and O–H groups in total. The Labute approximate surface area is 137 Å². The SMILES string of the molecule is CSN(C(=O)NC(=O)c1ccccc1Br)C1CCCCC1. The maximum atomic E-state index is 12.3. The van der Waals surface area contributed by atoms with E-state index in [1.54, 1.807) is 22.5 Å². The summed E-state index contributed by atoms with van der Waals surface area (Å²) in [6.45, 7) is 0. The van der Waals surface area contributed by atoms with E-state index in [0.717, 1.165) is 25.7 Å². The second-order valence-corrected chi connectivity index (χ2v) is 6.65. The molecular formula is C15H19BrN2O2S. The van der Waals surface area contributed by atoms with Gasteiger partial charge in [-0.3, -0.25) is 14.4 Å². The van der Waals surface area contributed by atoms with Crippen LogP contribution in [0.1, 0.15) is 42.5 Å². The van der Waals surface area contributed by atoms with Gasteiger partial charge in [-0.25, -0.2) is 4.79 Å². The minimum Gasteiger partial charge on any atom is -0.273 e. The summed E-state index contributed by atoms with van der Waals surface area (Å²) in [6, 6.07) is 6.98. The molecule has 1 aliphatic rings. The predicted molar refractivity (Wildman–Crippen MR) is 89.2 cm³/mol. The molecule has 3 amide bonds. The topological polar surface area (TPSA) is 49.4 Å². The number of nitrogens with one attached hydrogen (secondary N) is 1. The molecule has 1 aromatic carbocycles. The Morgan fingerprint density at radius 3 is 2.52 bits per heavy atom. The van der Waals surface area contributed by atoms with Gasteiger partial charge in [0.2, 0.25) is 0 Å². The van der Waals surface area contributed by atoms with Gasteiger partial charge < -0.3 is 0 Å². The maximum Gasteiger partial charge on any atom is 0.334 e. The number of amides is 3. The first-order valence-electron chi connectivity index (χ1n) is 7.06. The summed E-state index contributed by atoms with van der Waals surface area (Å²) in [4.78, 5) is 24.5. The van der Waals surface area contributed by atoms with Crippen molar-refractivity contribution in [1.82, 2.24) is 9.62 Å². The first kappa shape index (κ1) is 16.4. The van der Waals surface area contributed by atoms with Crippen molar-refractivity contribution in [3.63, 3.8) is 0 Å². The molecular weight excluding hydrogens is 352 g/mol. The van der Waals surface area contributed by atoms with Crippen molar-refractivity contribution in [1.29, 1.82) is 0 Å². The molecule has 1 fully saturated rings. The molecule has 0 atom stereocenters. The number of halogens is 1. The van der Waals surface area contributed by atoms with Gasteiger partial charge in [0.15, 0.2) is 0 Å². The number of rotatable bonds is 3. The Morgan fingerprint density at radius 2 is 1.90 bits per heavy atom. The molecule has 21 heavy (non-hydrogen) atoms. The highest BCUT2D eigenvalue weighted by atomic mass is 79.9. The van der Waals surface area contributed by atoms with Crippen LogP contribution in [0.5, 0.6) is 0 Å². The van der Waals surface area contributed by atoms with Crippen LogP contribution in [0.3, 0.4) is 0 Å². The smallest absolute Gasteiger partial charge is 0.273 e. The minimum atomic E-state index is -0.373. The van der Waals surface area contributed by atoms with Crippen molar-refractivity contribution >= 4 is 39.8 Å². The first-order valence-corrected chi connectivity index (χ1v) is 9.04. The van der Waals surface area contributed by atoms with Gasteiger partial charge >= 0.3 is 6.03 Å². The highest BCUT2D eigenvalue weighted by Crippen LogP contribution is 2.26. The number of hydrogen-bond donors (Lipinski definition) is 1. The van der Waals surface area contributed by atoms with Crippen molar-refractivity contribution < 1.29 is 9.59 Å². The largest absolute Gasteiger partial charge is 0.334 e. The van der Waals surface area contributed by atoms with Gasteiger partial charge in [0.05, 0.1) is 5.56 Å². The normalized spacial score (nSPS) is 15.5. The molecule has 114 valence electrons. The van der Waals surface area contributed by atoms with Crippen LogP contribution in [0, 0.1) is 0 Å². The Kier molecular flexibility index (Phi) is 6.11. The third-order valence-electron chi connectivity index (χ3n) is 3.64. The summed E-state index contributed by atoms with van der Waals surface area (Å²) < 4.78 is 2.39. The van der Waals surface area contributed by atoms with Gasteiger partial charge in [-0.05, 0) is 52.9 Å². The van der Waals surface area contributed by atoms with Gasteiger partial charge in [-0.15, -0.1) is 0 Å². The molecule has 0 saturated heterocycles. The number of carbonyl (C=O) groups excluding carboxylic acids is 2. The lowest BCUT2D eigenvalue weighted by Gasteiger charge is -2.32. The summed E-state index contributed by atoms with van der Waals surface area (Å²) >= 11 is 4.71. The summed E-state index contributed by atoms with van der Waals surface area (Å²) in [7, 11) is 0. The number of hydrogen-bond acceptors (Lipinski definition) is 3. The zero-order chi connectivity index (χ0) is 15.2. The van der Waals surface area contributed by atoms with Gasteiger partial charge in [-0.1, -0.05) is 31.4 Å². The van der Waals surface area contributed by atoms with Crippen LogP contribution in [0.15, 0.2) is 28.7 Å². The quantitative estimate of drug-likeness (QED) is 0.810. The number of nitrogens with zero attached hydrogens (tertiary/aromatic N) is 1. The third-order valence-corrected chi connectivity index (χ3v) is 5.19. The number of carbonyl (C=O) groups is 2. The first-order chi connectivity index (χ1) is 10.1. The van der Waals surface area contributed by atoms with Gasteiger partial charge in [0.1, 0.15) is 0 Å². The fraction of sp³-hybridized carbons (Fsp3) is 0.467. The van der Waals surface area contributed by atoms with Crippen molar-refractivity contribution in [3.8, 4) is 0 Å². The summed E-state index contributed by atoms with van der Waals surface area (Å²) in [5.74, 6) is -0.373. The van der Waals surface area contributed by atoms with E-state index in [4.69, 9.17) is 0 Å². The standard InChI is InChI=1S/C15H19BrN2O2S/c1-21-18(11-7-3-2-4-8-11)15(20)17-14(19)12-9-5-6-10-13(12)16/h5-6,9-11H,2-4,7-8H2,1H3,(H,17,19,20). The fourth-order valence-corrected chi connectivity index (χ4v) is 3.76. The molecule has 0 spiro atoms. The molecule has 0 aliphatic heterocycles. The van der Waals surface area contributed by atoms with Crippen LogP contribution in [0.2, 0.25) is 0 Å². The predicted octanol–water partition coefficient (Wildman–Crippen LogP) is 4.21. The van der Waals surface area contributed by atoms with Gasteiger partial charge in [0.25, 0.3) is 5.91 Å². The lowest BCUT2D eigenvalue weighted by molar-refractivity contribution is 0.0955. The molecule has 0 unspecified atom stereocenters. The molecule has 0 aromatic heterocycles. The molecule has 2 rings (SSSR count). The van der Waals surface area contributed by atoms with E-state index in [9.17, 15) is 9.59 Å². The van der Waals surface area contributed by atoms with E-state index in [1.165, 1.54) is 18.4 Å². The van der Waals surface area contributed by atoms with Crippen LogP contribution >= 0.6 is 27.9 Å². The molecule has 1 aromatic rings. The molecule has 0 radical (unpaired) electrons. The second kappa shape index (κ2) is 7.84. The minimum absolute atomic E-state index is 0.223. The average Bonchev–Trinajstić information content (AvgIpc) is 2.49. The zero-order valence-electron chi connectivity index (χ0n) is 12.0. The van der Waals surface area contributed by atoms with Crippen LogP contribution in [0.25, 0.3) is 0 Å². The third kappa shape index (κ3) is 4.23. The van der Waals surface area contributed by atoms with Crippen LogP contribution in [-0.2, 0) is 0 Å². The molecule has 4 nitrogen and oxygen atoms in total. The highest BCUT2D eigenvalue weighted by Gasteiger charge is 2.26. The van der Waals surface area contributed by atoms with E-state index in [2.05, 4.69) is 21.2 Å². The number of imide groups is 1. The fourth-order valence-electron chi connectivity index (χ4n) is 2.58.